The van der Waals surface area contributed by atoms with Gasteiger partial charge in [-0.3, -0.25) is 9.59 Å². The van der Waals surface area contributed by atoms with Crippen molar-refractivity contribution < 1.29 is 19.1 Å². The first-order valence-electron chi connectivity index (χ1n) is 15.5. The number of amides is 3. The Morgan fingerprint density at radius 2 is 1.57 bits per heavy atom. The molecule has 0 aromatic heterocycles. The van der Waals surface area contributed by atoms with Crippen molar-refractivity contribution in [1.82, 2.24) is 10.2 Å². The SMILES string of the molecule is CCCCCCCN(C(=O)C(CC(C)C)NC(=O)OC(C)(C)C)C(C(=O)Nc1ccccc1C)c1cc(C)ccc1C. The number of alkyl carbamates (subject to hydrolysis) is 1. The largest absolute Gasteiger partial charge is 0.444 e. The molecule has 0 saturated heterocycles. The Bertz CT molecular complexity index is 1180. The van der Waals surface area contributed by atoms with Gasteiger partial charge in [0.05, 0.1) is 0 Å². The van der Waals surface area contributed by atoms with Crippen molar-refractivity contribution in [2.75, 3.05) is 11.9 Å². The molecule has 0 aliphatic heterocycles. The predicted octanol–water partition coefficient (Wildman–Crippen LogP) is 8.03. The number of rotatable bonds is 14. The number of benzene rings is 2. The molecule has 0 aliphatic rings. The molecule has 232 valence electrons. The van der Waals surface area contributed by atoms with Gasteiger partial charge in [-0.1, -0.05) is 88.4 Å². The van der Waals surface area contributed by atoms with Crippen molar-refractivity contribution in [2.45, 2.75) is 119 Å². The molecule has 0 aliphatic carbocycles. The molecule has 3 amide bonds. The Hall–Kier alpha value is -3.35. The molecule has 42 heavy (non-hydrogen) atoms. The second-order valence-electron chi connectivity index (χ2n) is 12.8. The van der Waals surface area contributed by atoms with Crippen molar-refractivity contribution in [3.63, 3.8) is 0 Å². The van der Waals surface area contributed by atoms with Crippen LogP contribution in [0.15, 0.2) is 42.5 Å². The summed E-state index contributed by atoms with van der Waals surface area (Å²) >= 11 is 0. The first-order valence-corrected chi connectivity index (χ1v) is 15.5. The van der Waals surface area contributed by atoms with Crippen LogP contribution in [0.5, 0.6) is 0 Å². The number of nitrogens with zero attached hydrogens (tertiary/aromatic N) is 1. The highest BCUT2D eigenvalue weighted by Gasteiger charge is 2.37. The first kappa shape index (κ1) is 34.8. The van der Waals surface area contributed by atoms with Crippen molar-refractivity contribution >= 4 is 23.6 Å². The molecule has 2 rings (SSSR count). The zero-order valence-corrected chi connectivity index (χ0v) is 27.3. The lowest BCUT2D eigenvalue weighted by Gasteiger charge is -2.36. The summed E-state index contributed by atoms with van der Waals surface area (Å²) in [6.07, 6.45) is 4.78. The molecule has 0 saturated carbocycles. The maximum atomic E-state index is 14.5. The minimum Gasteiger partial charge on any atom is -0.444 e. The number of carbonyl (C=O) groups excluding carboxylic acids is 3. The quantitative estimate of drug-likeness (QED) is 0.222. The molecule has 0 spiro atoms. The average Bonchev–Trinajstić information content (AvgIpc) is 2.88. The fourth-order valence-corrected chi connectivity index (χ4v) is 5.01. The molecule has 2 aromatic rings. The molecular weight excluding hydrogens is 526 g/mol. The second-order valence-corrected chi connectivity index (χ2v) is 12.8. The number of hydrogen-bond donors (Lipinski definition) is 2. The van der Waals surface area contributed by atoms with Gasteiger partial charge in [0.2, 0.25) is 5.91 Å². The molecule has 7 nitrogen and oxygen atoms in total. The first-order chi connectivity index (χ1) is 19.7. The third-order valence-corrected chi connectivity index (χ3v) is 7.17. The molecule has 2 unspecified atom stereocenters. The van der Waals surface area contributed by atoms with E-state index >= 15 is 0 Å². The molecule has 2 atom stereocenters. The fraction of sp³-hybridized carbons (Fsp3) is 0.571. The van der Waals surface area contributed by atoms with E-state index in [1.807, 2.05) is 77.1 Å². The average molecular weight is 580 g/mol. The van der Waals surface area contributed by atoms with Crippen LogP contribution in [0, 0.1) is 26.7 Å². The lowest BCUT2D eigenvalue weighted by Crippen LogP contribution is -2.53. The second kappa shape index (κ2) is 16.3. The summed E-state index contributed by atoms with van der Waals surface area (Å²) in [6.45, 7) is 17.9. The van der Waals surface area contributed by atoms with Crippen molar-refractivity contribution in [2.24, 2.45) is 5.92 Å². The Morgan fingerprint density at radius 1 is 0.905 bits per heavy atom. The van der Waals surface area contributed by atoms with Crippen LogP contribution in [0.2, 0.25) is 0 Å². The number of nitrogens with one attached hydrogen (secondary N) is 2. The lowest BCUT2D eigenvalue weighted by atomic mass is 9.94. The number of aryl methyl sites for hydroxylation is 3. The van der Waals surface area contributed by atoms with E-state index < -0.39 is 23.8 Å². The Morgan fingerprint density at radius 3 is 2.19 bits per heavy atom. The van der Waals surface area contributed by atoms with Crippen LogP contribution in [-0.2, 0) is 14.3 Å². The van der Waals surface area contributed by atoms with Crippen molar-refractivity contribution in [3.8, 4) is 0 Å². The minimum absolute atomic E-state index is 0.125. The zero-order chi connectivity index (χ0) is 31.4. The maximum absolute atomic E-state index is 14.5. The molecule has 2 N–H and O–H groups in total. The smallest absolute Gasteiger partial charge is 0.408 e. The summed E-state index contributed by atoms with van der Waals surface area (Å²) < 4.78 is 5.52. The van der Waals surface area contributed by atoms with Gasteiger partial charge in [-0.05, 0) is 83.1 Å². The monoisotopic (exact) mass is 579 g/mol. The summed E-state index contributed by atoms with van der Waals surface area (Å²) in [7, 11) is 0. The molecule has 2 aromatic carbocycles. The van der Waals surface area contributed by atoms with E-state index in [-0.39, 0.29) is 17.7 Å². The van der Waals surface area contributed by atoms with E-state index in [9.17, 15) is 14.4 Å². The number of hydrogen-bond acceptors (Lipinski definition) is 4. The lowest BCUT2D eigenvalue weighted by molar-refractivity contribution is -0.141. The third kappa shape index (κ3) is 11.1. The fourth-order valence-electron chi connectivity index (χ4n) is 5.01. The van der Waals surface area contributed by atoms with E-state index in [1.54, 1.807) is 25.7 Å². The standard InChI is InChI=1S/C35H53N3O4/c1-10-11-12-13-16-21-38(33(40)30(22-24(2)3)37-34(41)42-35(7,8)9)31(28-23-25(4)19-20-26(28)5)32(39)36-29-18-15-14-17-27(29)6/h14-15,17-20,23-24,30-31H,10-13,16,21-22H2,1-9H3,(H,36,39)(H,37,41). The van der Waals surface area contributed by atoms with Crippen molar-refractivity contribution in [3.05, 3.63) is 64.7 Å². The van der Waals surface area contributed by atoms with Crippen molar-refractivity contribution in [1.29, 1.82) is 0 Å². The molecule has 0 heterocycles. The van der Waals surface area contributed by atoms with Crippen LogP contribution in [0.3, 0.4) is 0 Å². The summed E-state index contributed by atoms with van der Waals surface area (Å²) in [5, 5.41) is 5.95. The van der Waals surface area contributed by atoms with E-state index in [0.29, 0.717) is 18.7 Å². The molecular formula is C35H53N3O4. The van der Waals surface area contributed by atoms with Gasteiger partial charge in [0, 0.05) is 12.2 Å². The topological polar surface area (TPSA) is 87.7 Å². The minimum atomic E-state index is -0.877. The Labute approximate surface area is 253 Å². The zero-order valence-electron chi connectivity index (χ0n) is 27.3. The summed E-state index contributed by atoms with van der Waals surface area (Å²) in [5.41, 5.74) is 3.65. The number of para-hydroxylation sites is 1. The van der Waals surface area contributed by atoms with Gasteiger partial charge in [0.1, 0.15) is 17.7 Å². The Kier molecular flexibility index (Phi) is 13.5. The van der Waals surface area contributed by atoms with Gasteiger partial charge in [-0.15, -0.1) is 0 Å². The van der Waals surface area contributed by atoms with E-state index in [1.165, 1.54) is 0 Å². The van der Waals surface area contributed by atoms with E-state index in [4.69, 9.17) is 4.74 Å². The molecule has 7 heteroatoms. The normalized spacial score (nSPS) is 12.9. The van der Waals surface area contributed by atoms with Crippen LogP contribution in [0.25, 0.3) is 0 Å². The number of anilines is 1. The molecule has 0 fully saturated rings. The summed E-state index contributed by atoms with van der Waals surface area (Å²) in [5.74, 6) is -0.434. The summed E-state index contributed by atoms with van der Waals surface area (Å²) in [6, 6.07) is 11.9. The van der Waals surface area contributed by atoms with Crippen LogP contribution in [0.4, 0.5) is 10.5 Å². The molecule has 0 bridgehead atoms. The van der Waals surface area contributed by atoms with Crippen LogP contribution in [0.1, 0.15) is 108 Å². The Balaban J connectivity index is 2.60. The van der Waals surface area contributed by atoms with E-state index in [0.717, 1.165) is 54.4 Å². The van der Waals surface area contributed by atoms with Crippen LogP contribution in [-0.4, -0.2) is 41.0 Å². The molecule has 0 radical (unpaired) electrons. The van der Waals surface area contributed by atoms with Gasteiger partial charge < -0.3 is 20.3 Å². The highest BCUT2D eigenvalue weighted by atomic mass is 16.6. The third-order valence-electron chi connectivity index (χ3n) is 7.17. The van der Waals surface area contributed by atoms with Crippen LogP contribution < -0.4 is 10.6 Å². The predicted molar refractivity (Wildman–Crippen MR) is 172 cm³/mol. The highest BCUT2D eigenvalue weighted by molar-refractivity contribution is 5.99. The van der Waals surface area contributed by atoms with Gasteiger partial charge in [-0.2, -0.15) is 0 Å². The maximum Gasteiger partial charge on any atom is 0.408 e. The van der Waals surface area contributed by atoms with Gasteiger partial charge in [0.25, 0.3) is 5.91 Å². The van der Waals surface area contributed by atoms with Gasteiger partial charge in [0.15, 0.2) is 0 Å². The van der Waals surface area contributed by atoms with Gasteiger partial charge in [-0.25, -0.2) is 4.79 Å². The highest BCUT2D eigenvalue weighted by Crippen LogP contribution is 2.30. The number of ether oxygens (including phenoxy) is 1. The van der Waals surface area contributed by atoms with Crippen LogP contribution >= 0.6 is 0 Å². The number of carbonyl (C=O) groups is 3. The van der Waals surface area contributed by atoms with E-state index in [2.05, 4.69) is 17.6 Å². The summed E-state index contributed by atoms with van der Waals surface area (Å²) in [4.78, 5) is 43.3. The number of unbranched alkanes of at least 4 members (excludes halogenated alkanes) is 4. The van der Waals surface area contributed by atoms with Gasteiger partial charge >= 0.3 is 6.09 Å².